The predicted octanol–water partition coefficient (Wildman–Crippen LogP) is 3.00. The molecule has 0 aliphatic carbocycles. The van der Waals surface area contributed by atoms with Crippen molar-refractivity contribution >= 4 is 17.6 Å². The number of carbonyl (C=O) groups excluding carboxylic acids is 2. The largest absolute Gasteiger partial charge is 0.465 e. The molecule has 1 aliphatic heterocycles. The molecule has 1 aromatic rings. The first-order chi connectivity index (χ1) is 12.4. The van der Waals surface area contributed by atoms with Crippen LogP contribution in [0, 0.1) is 18.3 Å². The number of methoxy groups -OCH3 is 1. The highest BCUT2D eigenvalue weighted by atomic mass is 16.5. The van der Waals surface area contributed by atoms with Gasteiger partial charge in [-0.1, -0.05) is 6.92 Å². The van der Waals surface area contributed by atoms with E-state index in [1.807, 2.05) is 6.07 Å². The fourth-order valence-corrected chi connectivity index (χ4v) is 3.86. The van der Waals surface area contributed by atoms with Gasteiger partial charge in [0.1, 0.15) is 0 Å². The Morgan fingerprint density at radius 3 is 2.54 bits per heavy atom. The van der Waals surface area contributed by atoms with Crippen LogP contribution in [-0.2, 0) is 9.53 Å². The molecule has 1 amide bonds. The van der Waals surface area contributed by atoms with E-state index in [4.69, 9.17) is 10.00 Å². The molecule has 26 heavy (non-hydrogen) atoms. The SMILES string of the molecule is CCCC(C(=O)Nc1c(C)cc(C#N)cc1C(=O)OC)[N+]1(C)CCCC1. The average molecular weight is 358 g/mol. The molecule has 0 spiro atoms. The molecule has 1 fully saturated rings. The van der Waals surface area contributed by atoms with E-state index in [9.17, 15) is 9.59 Å². The maximum atomic E-state index is 13.1. The number of nitrogens with one attached hydrogen (secondary N) is 1. The molecule has 6 heteroatoms. The maximum Gasteiger partial charge on any atom is 0.340 e. The van der Waals surface area contributed by atoms with E-state index < -0.39 is 5.97 Å². The molecular weight excluding hydrogens is 330 g/mol. The van der Waals surface area contributed by atoms with Crippen molar-refractivity contribution in [2.45, 2.75) is 45.6 Å². The Morgan fingerprint density at radius 2 is 2.00 bits per heavy atom. The van der Waals surface area contributed by atoms with Crippen LogP contribution in [-0.4, -0.2) is 49.6 Å². The second-order valence-corrected chi connectivity index (χ2v) is 7.25. The minimum Gasteiger partial charge on any atom is -0.465 e. The first-order valence-corrected chi connectivity index (χ1v) is 9.14. The summed E-state index contributed by atoms with van der Waals surface area (Å²) in [6, 6.07) is 5.03. The minimum atomic E-state index is -0.561. The summed E-state index contributed by atoms with van der Waals surface area (Å²) in [6.07, 6.45) is 3.98. The molecule has 1 N–H and O–H groups in total. The third kappa shape index (κ3) is 4.05. The van der Waals surface area contributed by atoms with Crippen LogP contribution in [0.3, 0.4) is 0 Å². The number of quaternary nitrogens is 1. The lowest BCUT2D eigenvalue weighted by atomic mass is 10.0. The summed E-state index contributed by atoms with van der Waals surface area (Å²) < 4.78 is 5.58. The van der Waals surface area contributed by atoms with Crippen molar-refractivity contribution in [2.75, 3.05) is 32.6 Å². The van der Waals surface area contributed by atoms with Crippen LogP contribution in [0.1, 0.15) is 54.1 Å². The van der Waals surface area contributed by atoms with Gasteiger partial charge in [0.15, 0.2) is 6.04 Å². The Bertz CT molecular complexity index is 731. The normalized spacial score (nSPS) is 16.6. The summed E-state index contributed by atoms with van der Waals surface area (Å²) in [5.74, 6) is -0.636. The summed E-state index contributed by atoms with van der Waals surface area (Å²) in [5.41, 5.74) is 1.70. The van der Waals surface area contributed by atoms with Crippen molar-refractivity contribution in [2.24, 2.45) is 0 Å². The molecule has 140 valence electrons. The van der Waals surface area contributed by atoms with Crippen LogP contribution >= 0.6 is 0 Å². The number of carbonyl (C=O) groups is 2. The molecule has 1 atom stereocenters. The second-order valence-electron chi connectivity index (χ2n) is 7.25. The number of nitrogens with zero attached hydrogens (tertiary/aromatic N) is 2. The second kappa shape index (κ2) is 8.33. The van der Waals surface area contributed by atoms with Gasteiger partial charge in [0.25, 0.3) is 5.91 Å². The molecule has 0 bridgehead atoms. The third-order valence-electron chi connectivity index (χ3n) is 5.32. The van der Waals surface area contributed by atoms with E-state index in [0.717, 1.165) is 43.3 Å². The molecule has 0 aromatic heterocycles. The van der Waals surface area contributed by atoms with Gasteiger partial charge in [0.05, 0.1) is 50.1 Å². The smallest absolute Gasteiger partial charge is 0.340 e. The number of hydrogen-bond donors (Lipinski definition) is 1. The predicted molar refractivity (Wildman–Crippen MR) is 99.7 cm³/mol. The molecule has 2 rings (SSSR count). The molecule has 0 radical (unpaired) electrons. The van der Waals surface area contributed by atoms with E-state index in [1.165, 1.54) is 13.2 Å². The van der Waals surface area contributed by atoms with Gasteiger partial charge in [-0.05, 0) is 31.0 Å². The number of aryl methyl sites for hydroxylation is 1. The number of hydrogen-bond acceptors (Lipinski definition) is 4. The van der Waals surface area contributed by atoms with Gasteiger partial charge < -0.3 is 14.5 Å². The average Bonchev–Trinajstić information content (AvgIpc) is 3.07. The van der Waals surface area contributed by atoms with Crippen LogP contribution in [0.15, 0.2) is 12.1 Å². The number of rotatable bonds is 6. The molecular formula is C20H28N3O3+. The van der Waals surface area contributed by atoms with E-state index in [2.05, 4.69) is 19.3 Å². The maximum absolute atomic E-state index is 13.1. The van der Waals surface area contributed by atoms with Crippen LogP contribution < -0.4 is 5.32 Å². The molecule has 1 aromatic carbocycles. The Kier molecular flexibility index (Phi) is 6.38. The van der Waals surface area contributed by atoms with E-state index in [1.54, 1.807) is 13.0 Å². The highest BCUT2D eigenvalue weighted by molar-refractivity contribution is 6.03. The van der Waals surface area contributed by atoms with Crippen LogP contribution in [0.25, 0.3) is 0 Å². The molecule has 1 saturated heterocycles. The zero-order chi connectivity index (χ0) is 19.3. The van der Waals surface area contributed by atoms with E-state index >= 15 is 0 Å². The quantitative estimate of drug-likeness (QED) is 0.626. The Morgan fingerprint density at radius 1 is 1.35 bits per heavy atom. The van der Waals surface area contributed by atoms with E-state index in [-0.39, 0.29) is 17.5 Å². The van der Waals surface area contributed by atoms with Gasteiger partial charge in [0.2, 0.25) is 0 Å². The summed E-state index contributed by atoms with van der Waals surface area (Å²) in [5, 5.41) is 12.1. The monoisotopic (exact) mass is 358 g/mol. The van der Waals surface area contributed by atoms with Gasteiger partial charge in [-0.15, -0.1) is 0 Å². The summed E-state index contributed by atoms with van der Waals surface area (Å²) >= 11 is 0. The van der Waals surface area contributed by atoms with Gasteiger partial charge >= 0.3 is 5.97 Å². The fraction of sp³-hybridized carbons (Fsp3) is 0.550. The van der Waals surface area contributed by atoms with Crippen molar-refractivity contribution in [3.63, 3.8) is 0 Å². The third-order valence-corrected chi connectivity index (χ3v) is 5.32. The van der Waals surface area contributed by atoms with Crippen molar-refractivity contribution in [1.82, 2.24) is 0 Å². The minimum absolute atomic E-state index is 0.0748. The number of anilines is 1. The van der Waals surface area contributed by atoms with Gasteiger partial charge in [-0.3, -0.25) is 4.79 Å². The van der Waals surface area contributed by atoms with E-state index in [0.29, 0.717) is 16.8 Å². The van der Waals surface area contributed by atoms with Crippen LogP contribution in [0.4, 0.5) is 5.69 Å². The molecule has 1 aliphatic rings. The topological polar surface area (TPSA) is 79.2 Å². The highest BCUT2D eigenvalue weighted by Crippen LogP contribution is 2.28. The van der Waals surface area contributed by atoms with Crippen molar-refractivity contribution in [3.8, 4) is 6.07 Å². The van der Waals surface area contributed by atoms with Gasteiger partial charge in [-0.25, -0.2) is 4.79 Å². The first-order valence-electron chi connectivity index (χ1n) is 9.14. The number of likely N-dealkylation sites (tertiary alicyclic amines) is 1. The lowest BCUT2D eigenvalue weighted by molar-refractivity contribution is -0.913. The molecule has 6 nitrogen and oxygen atoms in total. The van der Waals surface area contributed by atoms with Crippen molar-refractivity contribution < 1.29 is 18.8 Å². The Labute approximate surface area is 155 Å². The molecule has 1 heterocycles. The summed E-state index contributed by atoms with van der Waals surface area (Å²) in [4.78, 5) is 25.3. The molecule has 1 unspecified atom stereocenters. The lowest BCUT2D eigenvalue weighted by Gasteiger charge is -2.37. The number of likely N-dealkylation sites (N-methyl/N-ethyl adjacent to an activating group) is 1. The van der Waals surface area contributed by atoms with Crippen molar-refractivity contribution in [1.29, 1.82) is 5.26 Å². The number of ether oxygens (including phenoxy) is 1. The number of benzene rings is 1. The molecule has 0 saturated carbocycles. The van der Waals surface area contributed by atoms with Gasteiger partial charge in [0, 0.05) is 19.3 Å². The zero-order valence-corrected chi connectivity index (χ0v) is 16.1. The summed E-state index contributed by atoms with van der Waals surface area (Å²) in [7, 11) is 3.43. The number of esters is 1. The zero-order valence-electron chi connectivity index (χ0n) is 16.1. The standard InChI is InChI=1S/C20H27N3O3/c1-5-8-17(23(3)9-6-7-10-23)19(24)22-18-14(2)11-15(13-21)12-16(18)20(25)26-4/h11-12,17H,5-10H2,1-4H3/p+1. The van der Waals surface area contributed by atoms with Crippen LogP contribution in [0.5, 0.6) is 0 Å². The number of amides is 1. The Balaban J connectivity index is 2.37. The van der Waals surface area contributed by atoms with Crippen LogP contribution in [0.2, 0.25) is 0 Å². The van der Waals surface area contributed by atoms with Crippen molar-refractivity contribution in [3.05, 3.63) is 28.8 Å². The summed E-state index contributed by atoms with van der Waals surface area (Å²) in [6.45, 7) is 5.85. The number of nitriles is 1. The van der Waals surface area contributed by atoms with Gasteiger partial charge in [-0.2, -0.15) is 5.26 Å². The Hall–Kier alpha value is -2.39. The fourth-order valence-electron chi connectivity index (χ4n) is 3.86. The first kappa shape index (κ1) is 19.9. The lowest BCUT2D eigenvalue weighted by Crippen LogP contribution is -2.55. The highest BCUT2D eigenvalue weighted by Gasteiger charge is 2.40.